The molecule has 0 aromatic heterocycles. The van der Waals surface area contributed by atoms with Gasteiger partial charge in [-0.1, -0.05) is 0 Å². The zero-order chi connectivity index (χ0) is 12.1. The highest BCUT2D eigenvalue weighted by Crippen LogP contribution is 2.47. The monoisotopic (exact) mass is 244 g/mol. The lowest BCUT2D eigenvalue weighted by Gasteiger charge is -2.31. The maximum Gasteiger partial charge on any atom is 0.509 e. The molecule has 1 aliphatic heterocycles. The molecule has 0 saturated carbocycles. The Morgan fingerprint density at radius 3 is 1.67 bits per heavy atom. The van der Waals surface area contributed by atoms with Crippen LogP contribution in [0, 0.1) is 0 Å². The van der Waals surface area contributed by atoms with E-state index in [0.29, 0.717) is 0 Å². The van der Waals surface area contributed by atoms with E-state index in [0.717, 1.165) is 0 Å². The van der Waals surface area contributed by atoms with Crippen molar-refractivity contribution in [3.8, 4) is 0 Å². The SMILES string of the molecule is FC1=C(C(F)(F)F)OC(F)(F)C(F)(F)O1. The molecule has 0 amide bonds. The molecular formula is C5F8O2. The number of ether oxygens (including phenoxy) is 2. The number of alkyl halides is 7. The van der Waals surface area contributed by atoms with Crippen molar-refractivity contribution in [3.63, 3.8) is 0 Å². The number of allylic oxidation sites excluding steroid dienone is 1. The quantitative estimate of drug-likeness (QED) is 0.610. The standard InChI is InChI=1S/C5F8O2/c6-2-1(3(7,8)9)14-4(10,11)5(12,13)15-2. The fourth-order valence-corrected chi connectivity index (χ4v) is 0.615. The third-order valence-corrected chi connectivity index (χ3v) is 1.22. The first-order valence-electron chi connectivity index (χ1n) is 3.08. The van der Waals surface area contributed by atoms with Gasteiger partial charge in [0, 0.05) is 0 Å². The van der Waals surface area contributed by atoms with Crippen molar-refractivity contribution in [2.75, 3.05) is 0 Å². The van der Waals surface area contributed by atoms with Gasteiger partial charge in [0.05, 0.1) is 0 Å². The highest BCUT2D eigenvalue weighted by Gasteiger charge is 2.69. The van der Waals surface area contributed by atoms with Gasteiger partial charge in [0.1, 0.15) is 0 Å². The average Bonchev–Trinajstić information content (AvgIpc) is 1.94. The molecule has 0 fully saturated rings. The third kappa shape index (κ3) is 1.92. The van der Waals surface area contributed by atoms with E-state index in [4.69, 9.17) is 0 Å². The van der Waals surface area contributed by atoms with Crippen LogP contribution in [-0.4, -0.2) is 18.4 Å². The van der Waals surface area contributed by atoms with Crippen molar-refractivity contribution in [3.05, 3.63) is 11.8 Å². The van der Waals surface area contributed by atoms with Crippen LogP contribution < -0.4 is 0 Å². The molecule has 1 rings (SSSR count). The van der Waals surface area contributed by atoms with Crippen molar-refractivity contribution in [1.29, 1.82) is 0 Å². The summed E-state index contributed by atoms with van der Waals surface area (Å²) in [5, 5.41) is 0. The Kier molecular flexibility index (Phi) is 2.28. The van der Waals surface area contributed by atoms with E-state index in [1.54, 1.807) is 0 Å². The van der Waals surface area contributed by atoms with Crippen LogP contribution in [0.1, 0.15) is 0 Å². The molecule has 88 valence electrons. The molecule has 0 spiro atoms. The Morgan fingerprint density at radius 1 is 0.867 bits per heavy atom. The second-order valence-electron chi connectivity index (χ2n) is 2.34. The minimum Gasteiger partial charge on any atom is -0.413 e. The predicted molar refractivity (Wildman–Crippen MR) is 26.3 cm³/mol. The largest absolute Gasteiger partial charge is 0.509 e. The van der Waals surface area contributed by atoms with Gasteiger partial charge in [-0.05, 0) is 0 Å². The number of hydrogen-bond acceptors (Lipinski definition) is 2. The molecule has 0 bridgehead atoms. The molecule has 0 aliphatic carbocycles. The minimum atomic E-state index is -5.69. The Balaban J connectivity index is 3.14. The molecule has 2 nitrogen and oxygen atoms in total. The second-order valence-corrected chi connectivity index (χ2v) is 2.34. The van der Waals surface area contributed by atoms with Crippen molar-refractivity contribution < 1.29 is 44.6 Å². The molecular weight excluding hydrogens is 244 g/mol. The Labute approximate surface area is 76.1 Å². The van der Waals surface area contributed by atoms with E-state index in [9.17, 15) is 35.1 Å². The Bertz CT molecular complexity index is 303. The highest BCUT2D eigenvalue weighted by atomic mass is 19.4. The maximum atomic E-state index is 12.2. The highest BCUT2D eigenvalue weighted by molar-refractivity contribution is 5.06. The Hall–Kier alpha value is -1.22. The van der Waals surface area contributed by atoms with Crippen LogP contribution in [0.15, 0.2) is 11.8 Å². The van der Waals surface area contributed by atoms with E-state index in [2.05, 4.69) is 9.47 Å². The molecule has 10 heteroatoms. The topological polar surface area (TPSA) is 18.5 Å². The van der Waals surface area contributed by atoms with Crippen LogP contribution in [0.4, 0.5) is 35.1 Å². The van der Waals surface area contributed by atoms with Gasteiger partial charge in [-0.2, -0.15) is 35.1 Å². The minimum absolute atomic E-state index is 2.51. The molecule has 1 heterocycles. The molecule has 0 unspecified atom stereocenters. The lowest BCUT2D eigenvalue weighted by atomic mass is 10.4. The summed E-state index contributed by atoms with van der Waals surface area (Å²) in [5.74, 6) is -2.93. The van der Waals surface area contributed by atoms with Gasteiger partial charge < -0.3 is 9.47 Å². The van der Waals surface area contributed by atoms with Crippen molar-refractivity contribution >= 4 is 0 Å². The zero-order valence-corrected chi connectivity index (χ0v) is 6.34. The van der Waals surface area contributed by atoms with Gasteiger partial charge in [-0.3, -0.25) is 0 Å². The zero-order valence-electron chi connectivity index (χ0n) is 6.34. The van der Waals surface area contributed by atoms with E-state index in [1.807, 2.05) is 0 Å². The smallest absolute Gasteiger partial charge is 0.413 e. The number of rotatable bonds is 0. The maximum absolute atomic E-state index is 12.2. The lowest BCUT2D eigenvalue weighted by Crippen LogP contribution is -2.49. The van der Waals surface area contributed by atoms with Crippen LogP contribution in [0.2, 0.25) is 0 Å². The predicted octanol–water partition coefficient (Wildman–Crippen LogP) is 2.92. The van der Waals surface area contributed by atoms with Crippen molar-refractivity contribution in [2.24, 2.45) is 0 Å². The molecule has 0 aromatic carbocycles. The van der Waals surface area contributed by atoms with Crippen LogP contribution in [0.3, 0.4) is 0 Å². The molecule has 0 N–H and O–H groups in total. The van der Waals surface area contributed by atoms with E-state index >= 15 is 0 Å². The van der Waals surface area contributed by atoms with Gasteiger partial charge in [0.2, 0.25) is 0 Å². The summed E-state index contributed by atoms with van der Waals surface area (Å²) in [6.07, 6.45) is -16.8. The first-order valence-corrected chi connectivity index (χ1v) is 3.08. The van der Waals surface area contributed by atoms with Gasteiger partial charge in [-0.25, -0.2) is 0 Å². The molecule has 0 atom stereocenters. The van der Waals surface area contributed by atoms with Gasteiger partial charge in [-0.15, -0.1) is 0 Å². The van der Waals surface area contributed by atoms with Crippen LogP contribution in [0.5, 0.6) is 0 Å². The summed E-state index contributed by atoms with van der Waals surface area (Å²) in [5.41, 5.74) is 0. The van der Waals surface area contributed by atoms with E-state index < -0.39 is 30.2 Å². The van der Waals surface area contributed by atoms with Gasteiger partial charge in [0.15, 0.2) is 0 Å². The molecule has 1 aliphatic rings. The van der Waals surface area contributed by atoms with E-state index in [1.165, 1.54) is 0 Å². The summed E-state index contributed by atoms with van der Waals surface area (Å²) in [4.78, 5) is 0. The summed E-state index contributed by atoms with van der Waals surface area (Å²) < 4.78 is 101. The summed E-state index contributed by atoms with van der Waals surface area (Å²) in [6.45, 7) is 0. The third-order valence-electron chi connectivity index (χ3n) is 1.22. The van der Waals surface area contributed by atoms with Crippen LogP contribution in [-0.2, 0) is 9.47 Å². The fraction of sp³-hybridized carbons (Fsp3) is 0.600. The normalized spacial score (nSPS) is 24.5. The molecule has 0 aromatic rings. The first kappa shape index (κ1) is 11.9. The fourth-order valence-electron chi connectivity index (χ4n) is 0.615. The van der Waals surface area contributed by atoms with Crippen molar-refractivity contribution in [2.45, 2.75) is 18.4 Å². The van der Waals surface area contributed by atoms with E-state index in [-0.39, 0.29) is 0 Å². The molecule has 15 heavy (non-hydrogen) atoms. The molecule has 0 radical (unpaired) electrons. The first-order chi connectivity index (χ1) is 6.47. The van der Waals surface area contributed by atoms with Gasteiger partial charge >= 0.3 is 24.4 Å². The summed E-state index contributed by atoms with van der Waals surface area (Å²) in [7, 11) is 0. The van der Waals surface area contributed by atoms with Gasteiger partial charge in [0.25, 0.3) is 5.76 Å². The van der Waals surface area contributed by atoms with Crippen molar-refractivity contribution in [1.82, 2.24) is 0 Å². The molecule has 0 saturated heterocycles. The average molecular weight is 244 g/mol. The summed E-state index contributed by atoms with van der Waals surface area (Å²) >= 11 is 0. The Morgan fingerprint density at radius 2 is 1.27 bits per heavy atom. The summed E-state index contributed by atoms with van der Waals surface area (Å²) in [6, 6.07) is -2.95. The van der Waals surface area contributed by atoms with Crippen LogP contribution in [0.25, 0.3) is 0 Å². The number of hydrogen-bond donors (Lipinski definition) is 0. The second kappa shape index (κ2) is 2.89. The lowest BCUT2D eigenvalue weighted by molar-refractivity contribution is -0.441. The van der Waals surface area contributed by atoms with Crippen LogP contribution >= 0.6 is 0 Å². The number of halogens is 8.